The molecule has 1 amide bonds. The van der Waals surface area contributed by atoms with Crippen molar-refractivity contribution in [1.29, 1.82) is 0 Å². The highest BCUT2D eigenvalue weighted by molar-refractivity contribution is 7.88. The molecular weight excluding hydrogens is 346 g/mol. The summed E-state index contributed by atoms with van der Waals surface area (Å²) in [6, 6.07) is 5.18. The Labute approximate surface area is 144 Å². The Bertz CT molecular complexity index is 948. The van der Waals surface area contributed by atoms with Crippen LogP contribution in [-0.2, 0) is 21.2 Å². The highest BCUT2D eigenvalue weighted by atomic mass is 32.2. The maximum atomic E-state index is 12.3. The highest BCUT2D eigenvalue weighted by Crippen LogP contribution is 2.08. The summed E-state index contributed by atoms with van der Waals surface area (Å²) >= 11 is 0. The minimum atomic E-state index is -3.22. The van der Waals surface area contributed by atoms with Crippen molar-refractivity contribution in [3.8, 4) is 0 Å². The molecule has 1 fully saturated rings. The van der Waals surface area contributed by atoms with Gasteiger partial charge in [0.15, 0.2) is 5.65 Å². The summed E-state index contributed by atoms with van der Waals surface area (Å²) in [5.41, 5.74) is 0.423. The lowest BCUT2D eigenvalue weighted by molar-refractivity contribution is -0.132. The topological polar surface area (TPSA) is 105 Å². The van der Waals surface area contributed by atoms with Crippen LogP contribution in [0.15, 0.2) is 29.2 Å². The van der Waals surface area contributed by atoms with Crippen LogP contribution in [0.2, 0.25) is 0 Å². The van der Waals surface area contributed by atoms with Crippen LogP contribution in [0, 0.1) is 0 Å². The summed E-state index contributed by atoms with van der Waals surface area (Å²) in [7, 11) is -3.22. The zero-order valence-corrected chi connectivity index (χ0v) is 14.6. The predicted octanol–water partition coefficient (Wildman–Crippen LogP) is -0.874. The molecule has 0 radical (unpaired) electrons. The van der Waals surface area contributed by atoms with Gasteiger partial charge >= 0.3 is 0 Å². The Morgan fingerprint density at radius 2 is 1.88 bits per heavy atom. The molecule has 0 atom stereocenters. The number of fused-ring (bicyclic) bond motifs is 1. The van der Waals surface area contributed by atoms with E-state index in [0.717, 1.165) is 6.26 Å². The lowest BCUT2D eigenvalue weighted by Crippen LogP contribution is -2.50. The molecule has 0 N–H and O–H groups in total. The van der Waals surface area contributed by atoms with E-state index in [2.05, 4.69) is 10.2 Å². The van der Waals surface area contributed by atoms with Crippen molar-refractivity contribution in [1.82, 2.24) is 23.8 Å². The van der Waals surface area contributed by atoms with Crippen LogP contribution in [0.3, 0.4) is 0 Å². The van der Waals surface area contributed by atoms with Crippen molar-refractivity contribution in [2.75, 3.05) is 32.4 Å². The van der Waals surface area contributed by atoms with Gasteiger partial charge < -0.3 is 4.90 Å². The van der Waals surface area contributed by atoms with Crippen LogP contribution >= 0.6 is 0 Å². The van der Waals surface area contributed by atoms with E-state index in [1.54, 1.807) is 29.3 Å². The Balaban J connectivity index is 1.62. The van der Waals surface area contributed by atoms with Crippen LogP contribution in [0.25, 0.3) is 5.65 Å². The van der Waals surface area contributed by atoms with Crippen molar-refractivity contribution in [2.24, 2.45) is 0 Å². The number of aromatic nitrogens is 3. The third kappa shape index (κ3) is 3.85. The molecule has 0 unspecified atom stereocenters. The number of piperazine rings is 1. The van der Waals surface area contributed by atoms with E-state index in [9.17, 15) is 18.0 Å². The number of pyridine rings is 1. The molecule has 0 aromatic carbocycles. The number of rotatable bonds is 4. The molecule has 2 aromatic rings. The highest BCUT2D eigenvalue weighted by Gasteiger charge is 2.26. The van der Waals surface area contributed by atoms with Gasteiger partial charge in [-0.3, -0.25) is 14.0 Å². The molecule has 9 nitrogen and oxygen atoms in total. The number of amides is 1. The first-order chi connectivity index (χ1) is 11.9. The van der Waals surface area contributed by atoms with Gasteiger partial charge in [0.2, 0.25) is 15.9 Å². The number of hydrogen-bond acceptors (Lipinski definition) is 6. The summed E-state index contributed by atoms with van der Waals surface area (Å²) in [6.45, 7) is 1.30. The van der Waals surface area contributed by atoms with Crippen LogP contribution in [0.4, 0.5) is 0 Å². The van der Waals surface area contributed by atoms with E-state index >= 15 is 0 Å². The van der Waals surface area contributed by atoms with Crippen LogP contribution in [-0.4, -0.2) is 70.6 Å². The summed E-state index contributed by atoms with van der Waals surface area (Å²) in [5.74, 6) is -0.118. The Morgan fingerprint density at radius 3 is 2.56 bits per heavy atom. The van der Waals surface area contributed by atoms with Crippen LogP contribution in [0.1, 0.15) is 12.1 Å². The zero-order valence-electron chi connectivity index (χ0n) is 13.8. The molecule has 1 saturated heterocycles. The smallest absolute Gasteiger partial charge is 0.279 e. The number of carbonyl (C=O) groups is 1. The average molecular weight is 365 g/mol. The van der Waals surface area contributed by atoms with Gasteiger partial charge in [-0.1, -0.05) is 6.07 Å². The van der Waals surface area contributed by atoms with Gasteiger partial charge in [-0.05, 0) is 12.1 Å². The van der Waals surface area contributed by atoms with Crippen molar-refractivity contribution < 1.29 is 13.2 Å². The minimum absolute atomic E-state index is 0.118. The molecular formula is C15H19N5O4S. The Hall–Kier alpha value is -2.33. The average Bonchev–Trinajstić information content (AvgIpc) is 2.60. The van der Waals surface area contributed by atoms with E-state index < -0.39 is 10.0 Å². The first-order valence-corrected chi connectivity index (χ1v) is 9.77. The second-order valence-electron chi connectivity index (χ2n) is 5.92. The van der Waals surface area contributed by atoms with Crippen molar-refractivity contribution >= 4 is 21.6 Å². The van der Waals surface area contributed by atoms with Crippen molar-refractivity contribution in [3.05, 3.63) is 40.4 Å². The first kappa shape index (κ1) is 17.5. The second-order valence-corrected chi connectivity index (χ2v) is 7.91. The van der Waals surface area contributed by atoms with E-state index in [1.807, 2.05) is 0 Å². The maximum absolute atomic E-state index is 12.3. The van der Waals surface area contributed by atoms with Gasteiger partial charge in [-0.25, -0.2) is 8.42 Å². The monoisotopic (exact) mass is 365 g/mol. The Kier molecular flexibility index (Phi) is 4.82. The van der Waals surface area contributed by atoms with Gasteiger partial charge in [0, 0.05) is 45.2 Å². The number of aryl methyl sites for hydroxylation is 1. The van der Waals surface area contributed by atoms with Gasteiger partial charge in [0.25, 0.3) is 5.56 Å². The molecule has 3 rings (SSSR count). The lowest BCUT2D eigenvalue weighted by Gasteiger charge is -2.33. The predicted molar refractivity (Wildman–Crippen MR) is 90.6 cm³/mol. The summed E-state index contributed by atoms with van der Waals surface area (Å²) in [6.07, 6.45) is 3.12. The normalized spacial score (nSPS) is 16.3. The molecule has 0 bridgehead atoms. The van der Waals surface area contributed by atoms with E-state index in [1.165, 1.54) is 8.71 Å². The molecule has 3 heterocycles. The first-order valence-electron chi connectivity index (χ1n) is 7.92. The third-order valence-electron chi connectivity index (χ3n) is 4.21. The lowest BCUT2D eigenvalue weighted by atomic mass is 10.2. The molecule has 25 heavy (non-hydrogen) atoms. The fourth-order valence-electron chi connectivity index (χ4n) is 2.79. The number of sulfonamides is 1. The van der Waals surface area contributed by atoms with E-state index in [4.69, 9.17) is 0 Å². The standard InChI is InChI=1S/C15H19N5O4S/c1-25(23,24)19-10-8-18(9-11-19)14(21)6-5-12-15(22)20-7-3-2-4-13(20)17-16-12/h2-4,7H,5-6,8-11H2,1H3. The Morgan fingerprint density at radius 1 is 1.16 bits per heavy atom. The minimum Gasteiger partial charge on any atom is -0.340 e. The SMILES string of the molecule is CS(=O)(=O)N1CCN(C(=O)CCc2nnc3ccccn3c2=O)CC1. The molecule has 1 aliphatic rings. The van der Waals surface area contributed by atoms with Gasteiger partial charge in [-0.2, -0.15) is 4.31 Å². The molecule has 134 valence electrons. The largest absolute Gasteiger partial charge is 0.340 e. The van der Waals surface area contributed by atoms with Crippen LogP contribution in [0.5, 0.6) is 0 Å². The second kappa shape index (κ2) is 6.89. The summed E-state index contributed by atoms with van der Waals surface area (Å²) in [4.78, 5) is 26.3. The molecule has 10 heteroatoms. The molecule has 0 spiro atoms. The number of hydrogen-bond donors (Lipinski definition) is 0. The van der Waals surface area contributed by atoms with E-state index in [0.29, 0.717) is 31.8 Å². The fraction of sp³-hybridized carbons (Fsp3) is 0.467. The zero-order chi connectivity index (χ0) is 18.0. The van der Waals surface area contributed by atoms with Crippen LogP contribution < -0.4 is 5.56 Å². The summed E-state index contributed by atoms with van der Waals surface area (Å²) < 4.78 is 25.7. The van der Waals surface area contributed by atoms with E-state index in [-0.39, 0.29) is 30.0 Å². The maximum Gasteiger partial charge on any atom is 0.279 e. The van der Waals surface area contributed by atoms with Gasteiger partial charge in [0.05, 0.1) is 6.26 Å². The molecule has 2 aromatic heterocycles. The van der Waals surface area contributed by atoms with Crippen molar-refractivity contribution in [3.63, 3.8) is 0 Å². The molecule has 0 saturated carbocycles. The molecule has 1 aliphatic heterocycles. The van der Waals surface area contributed by atoms with Gasteiger partial charge in [0.1, 0.15) is 5.69 Å². The molecule has 0 aliphatic carbocycles. The fourth-order valence-corrected chi connectivity index (χ4v) is 3.62. The third-order valence-corrected chi connectivity index (χ3v) is 5.52. The van der Waals surface area contributed by atoms with Crippen molar-refractivity contribution in [2.45, 2.75) is 12.8 Å². The quantitative estimate of drug-likeness (QED) is 0.697. The van der Waals surface area contributed by atoms with Gasteiger partial charge in [-0.15, -0.1) is 10.2 Å². The number of nitrogens with zero attached hydrogens (tertiary/aromatic N) is 5. The summed E-state index contributed by atoms with van der Waals surface area (Å²) in [5, 5.41) is 7.91. The number of carbonyl (C=O) groups excluding carboxylic acids is 1.